The van der Waals surface area contributed by atoms with Crippen LogP contribution in [0.3, 0.4) is 0 Å². The number of ketones is 1. The molecule has 0 radical (unpaired) electrons. The summed E-state index contributed by atoms with van der Waals surface area (Å²) in [5, 5.41) is 4.97. The number of hydrogen-bond donors (Lipinski definition) is 1. The number of nitrogens with one attached hydrogen (secondary N) is 1. The minimum atomic E-state index is 0.0575. The zero-order valence-electron chi connectivity index (χ0n) is 12.8. The van der Waals surface area contributed by atoms with Crippen molar-refractivity contribution in [3.63, 3.8) is 0 Å². The van der Waals surface area contributed by atoms with Crippen LogP contribution in [0, 0.1) is 11.8 Å². The van der Waals surface area contributed by atoms with Gasteiger partial charge >= 0.3 is 0 Å². The zero-order valence-corrected chi connectivity index (χ0v) is 12.8. The lowest BCUT2D eigenvalue weighted by Crippen LogP contribution is -2.32. The lowest BCUT2D eigenvalue weighted by atomic mass is 9.78. The van der Waals surface area contributed by atoms with Crippen LogP contribution in [0.2, 0.25) is 0 Å². The molecule has 1 aliphatic carbocycles. The fourth-order valence-corrected chi connectivity index (χ4v) is 3.40. The van der Waals surface area contributed by atoms with Gasteiger partial charge in [-0.25, -0.2) is 0 Å². The minimum absolute atomic E-state index is 0.0575. The molecular weight excluding hydrogens is 274 g/mol. The van der Waals surface area contributed by atoms with Gasteiger partial charge in [-0.3, -0.25) is 9.59 Å². The normalized spacial score (nSPS) is 21.5. The second-order valence-corrected chi connectivity index (χ2v) is 6.09. The van der Waals surface area contributed by atoms with Crippen molar-refractivity contribution < 1.29 is 9.59 Å². The molecule has 0 atom stereocenters. The van der Waals surface area contributed by atoms with Crippen LogP contribution in [-0.2, 0) is 4.79 Å². The third-order valence-electron chi connectivity index (χ3n) is 4.75. The van der Waals surface area contributed by atoms with Gasteiger partial charge in [0, 0.05) is 24.4 Å². The summed E-state index contributed by atoms with van der Waals surface area (Å²) in [5.74, 6) is 0.463. The number of benzene rings is 2. The Labute approximate surface area is 130 Å². The topological polar surface area (TPSA) is 46.2 Å². The molecule has 3 nitrogen and oxygen atoms in total. The third kappa shape index (κ3) is 2.89. The van der Waals surface area contributed by atoms with Crippen molar-refractivity contribution in [2.45, 2.75) is 25.7 Å². The third-order valence-corrected chi connectivity index (χ3v) is 4.75. The van der Waals surface area contributed by atoms with Gasteiger partial charge in [0.1, 0.15) is 0 Å². The van der Waals surface area contributed by atoms with E-state index >= 15 is 0 Å². The van der Waals surface area contributed by atoms with Gasteiger partial charge in [0.15, 0.2) is 5.78 Å². The smallest absolute Gasteiger partial charge is 0.222 e. The van der Waals surface area contributed by atoms with Crippen molar-refractivity contribution in [3.05, 3.63) is 48.0 Å². The Morgan fingerprint density at radius 2 is 1.55 bits per heavy atom. The van der Waals surface area contributed by atoms with Crippen LogP contribution < -0.4 is 5.32 Å². The Morgan fingerprint density at radius 3 is 2.23 bits per heavy atom. The van der Waals surface area contributed by atoms with Gasteiger partial charge in [-0.05, 0) is 42.5 Å². The summed E-state index contributed by atoms with van der Waals surface area (Å²) in [6.07, 6.45) is 3.24. The number of hydrogen-bond acceptors (Lipinski definition) is 2. The van der Waals surface area contributed by atoms with E-state index < -0.39 is 0 Å². The number of amides is 1. The number of fused-ring (bicyclic) bond motifs is 1. The summed E-state index contributed by atoms with van der Waals surface area (Å²) in [6, 6.07) is 14.0. The quantitative estimate of drug-likeness (QED) is 0.880. The Balaban J connectivity index is 1.72. The summed E-state index contributed by atoms with van der Waals surface area (Å²) < 4.78 is 0. The molecule has 2 aromatic rings. The van der Waals surface area contributed by atoms with E-state index in [1.54, 1.807) is 7.05 Å². The SMILES string of the molecule is CNC(=O)C1CCC(C(=O)c2ccc3ccccc3c2)CC1. The van der Waals surface area contributed by atoms with E-state index in [1.807, 2.05) is 36.4 Å². The number of carbonyl (C=O) groups is 2. The second-order valence-electron chi connectivity index (χ2n) is 6.09. The lowest BCUT2D eigenvalue weighted by molar-refractivity contribution is -0.125. The summed E-state index contributed by atoms with van der Waals surface area (Å²) in [4.78, 5) is 24.4. The Bertz CT molecular complexity index is 699. The maximum absolute atomic E-state index is 12.7. The molecule has 2 aromatic carbocycles. The first-order chi connectivity index (χ1) is 10.7. The van der Waals surface area contributed by atoms with Crippen LogP contribution in [-0.4, -0.2) is 18.7 Å². The van der Waals surface area contributed by atoms with Crippen molar-refractivity contribution in [1.82, 2.24) is 5.32 Å². The van der Waals surface area contributed by atoms with Crippen LogP contribution >= 0.6 is 0 Å². The number of Topliss-reactive ketones (excluding diaryl/α,β-unsaturated/α-hetero) is 1. The maximum atomic E-state index is 12.7. The highest BCUT2D eigenvalue weighted by Gasteiger charge is 2.29. The van der Waals surface area contributed by atoms with E-state index in [0.717, 1.165) is 42.0 Å². The average molecular weight is 295 g/mol. The molecule has 0 saturated heterocycles. The largest absolute Gasteiger partial charge is 0.359 e. The molecule has 1 saturated carbocycles. The van der Waals surface area contributed by atoms with Gasteiger partial charge in [-0.15, -0.1) is 0 Å². The number of rotatable bonds is 3. The molecule has 0 bridgehead atoms. The van der Waals surface area contributed by atoms with E-state index in [0.29, 0.717) is 0 Å². The molecule has 1 N–H and O–H groups in total. The molecule has 1 amide bonds. The van der Waals surface area contributed by atoms with Gasteiger partial charge in [0.25, 0.3) is 0 Å². The second kappa shape index (κ2) is 6.30. The molecule has 0 aliphatic heterocycles. The monoisotopic (exact) mass is 295 g/mol. The molecule has 0 unspecified atom stereocenters. The highest BCUT2D eigenvalue weighted by atomic mass is 16.1. The van der Waals surface area contributed by atoms with E-state index in [-0.39, 0.29) is 23.5 Å². The van der Waals surface area contributed by atoms with Crippen LogP contribution in [0.4, 0.5) is 0 Å². The highest BCUT2D eigenvalue weighted by Crippen LogP contribution is 2.31. The Morgan fingerprint density at radius 1 is 0.909 bits per heavy atom. The van der Waals surface area contributed by atoms with Crippen molar-refractivity contribution in [1.29, 1.82) is 0 Å². The van der Waals surface area contributed by atoms with E-state index in [1.165, 1.54) is 0 Å². The van der Waals surface area contributed by atoms with Gasteiger partial charge in [-0.1, -0.05) is 36.4 Å². The average Bonchev–Trinajstić information content (AvgIpc) is 2.60. The fraction of sp³-hybridized carbons (Fsp3) is 0.368. The molecule has 1 fully saturated rings. The van der Waals surface area contributed by atoms with E-state index in [9.17, 15) is 9.59 Å². The first-order valence-corrected chi connectivity index (χ1v) is 7.93. The minimum Gasteiger partial charge on any atom is -0.359 e. The van der Waals surface area contributed by atoms with E-state index in [2.05, 4.69) is 11.4 Å². The molecule has 114 valence electrons. The maximum Gasteiger partial charge on any atom is 0.222 e. The summed E-state index contributed by atoms with van der Waals surface area (Å²) in [5.41, 5.74) is 0.794. The highest BCUT2D eigenvalue weighted by molar-refractivity contribution is 6.01. The van der Waals surface area contributed by atoms with Gasteiger partial charge in [0.05, 0.1) is 0 Å². The Hall–Kier alpha value is -2.16. The summed E-state index contributed by atoms with van der Waals surface area (Å²) in [6.45, 7) is 0. The molecule has 22 heavy (non-hydrogen) atoms. The van der Waals surface area contributed by atoms with Crippen LogP contribution in [0.5, 0.6) is 0 Å². The van der Waals surface area contributed by atoms with Gasteiger partial charge < -0.3 is 5.32 Å². The molecule has 0 heterocycles. The summed E-state index contributed by atoms with van der Waals surface area (Å²) >= 11 is 0. The van der Waals surface area contributed by atoms with Crippen molar-refractivity contribution >= 4 is 22.5 Å². The zero-order chi connectivity index (χ0) is 15.5. The molecule has 0 spiro atoms. The first kappa shape index (κ1) is 14.8. The van der Waals surface area contributed by atoms with Crippen LogP contribution in [0.25, 0.3) is 10.8 Å². The lowest BCUT2D eigenvalue weighted by Gasteiger charge is -2.26. The molecule has 3 heteroatoms. The predicted molar refractivity (Wildman–Crippen MR) is 87.8 cm³/mol. The molecular formula is C19H21NO2. The molecule has 1 aliphatic rings. The van der Waals surface area contributed by atoms with Gasteiger partial charge in [-0.2, -0.15) is 0 Å². The molecule has 0 aromatic heterocycles. The predicted octanol–water partition coefficient (Wildman–Crippen LogP) is 3.57. The van der Waals surface area contributed by atoms with E-state index in [4.69, 9.17) is 0 Å². The first-order valence-electron chi connectivity index (χ1n) is 7.93. The van der Waals surface area contributed by atoms with Crippen LogP contribution in [0.1, 0.15) is 36.0 Å². The van der Waals surface area contributed by atoms with Crippen molar-refractivity contribution in [2.24, 2.45) is 11.8 Å². The van der Waals surface area contributed by atoms with Crippen molar-refractivity contribution in [3.8, 4) is 0 Å². The number of carbonyl (C=O) groups excluding carboxylic acids is 2. The van der Waals surface area contributed by atoms with Crippen molar-refractivity contribution in [2.75, 3.05) is 7.05 Å². The molecule has 3 rings (SSSR count). The fourth-order valence-electron chi connectivity index (χ4n) is 3.40. The van der Waals surface area contributed by atoms with Gasteiger partial charge in [0.2, 0.25) is 5.91 Å². The standard InChI is InChI=1S/C19H21NO2/c1-20-19(22)15-9-7-14(8-10-15)18(21)17-11-6-13-4-2-3-5-16(13)12-17/h2-6,11-12,14-15H,7-10H2,1H3,(H,20,22). The summed E-state index contributed by atoms with van der Waals surface area (Å²) in [7, 11) is 1.68. The van der Waals surface area contributed by atoms with Crippen LogP contribution in [0.15, 0.2) is 42.5 Å². The Kier molecular flexibility index (Phi) is 4.23.